The van der Waals surface area contributed by atoms with Gasteiger partial charge in [-0.1, -0.05) is 39.0 Å². The Balaban J connectivity index is 3.27. The highest BCUT2D eigenvalue weighted by atomic mass is 32.1. The zero-order chi connectivity index (χ0) is 12.2. The van der Waals surface area contributed by atoms with Crippen LogP contribution in [0.4, 0.5) is 0 Å². The third-order valence-electron chi connectivity index (χ3n) is 2.49. The summed E-state index contributed by atoms with van der Waals surface area (Å²) in [4.78, 5) is 11.3. The molecular formula is C12H25NO2S. The van der Waals surface area contributed by atoms with Gasteiger partial charge in [-0.05, 0) is 18.6 Å². The van der Waals surface area contributed by atoms with Crippen LogP contribution in [-0.2, 0) is 9.53 Å². The number of esters is 1. The summed E-state index contributed by atoms with van der Waals surface area (Å²) in [5, 5.41) is 0. The lowest BCUT2D eigenvalue weighted by Gasteiger charge is -2.09. The van der Waals surface area contributed by atoms with Gasteiger partial charge >= 0.3 is 5.97 Å². The highest BCUT2D eigenvalue weighted by Crippen LogP contribution is 2.05. The van der Waals surface area contributed by atoms with E-state index in [0.29, 0.717) is 18.8 Å². The lowest BCUT2D eigenvalue weighted by atomic mass is 10.1. The van der Waals surface area contributed by atoms with Crippen molar-refractivity contribution in [3.8, 4) is 0 Å². The van der Waals surface area contributed by atoms with E-state index in [4.69, 9.17) is 10.5 Å². The molecule has 0 aromatic carbocycles. The van der Waals surface area contributed by atoms with Crippen molar-refractivity contribution in [3.63, 3.8) is 0 Å². The molecule has 0 aromatic heterocycles. The Morgan fingerprint density at radius 3 is 2.50 bits per heavy atom. The average molecular weight is 247 g/mol. The summed E-state index contributed by atoms with van der Waals surface area (Å²) in [6.45, 7) is 2.70. The van der Waals surface area contributed by atoms with Gasteiger partial charge in [0, 0.05) is 0 Å². The van der Waals surface area contributed by atoms with Gasteiger partial charge in [-0.15, -0.1) is 0 Å². The van der Waals surface area contributed by atoms with Crippen LogP contribution in [0.2, 0.25) is 0 Å². The number of carbonyl (C=O) groups is 1. The minimum atomic E-state index is -0.502. The third kappa shape index (κ3) is 9.04. The van der Waals surface area contributed by atoms with E-state index in [9.17, 15) is 4.79 Å². The van der Waals surface area contributed by atoms with E-state index < -0.39 is 6.04 Å². The Bertz CT molecular complexity index is 176. The minimum Gasteiger partial charge on any atom is -0.465 e. The van der Waals surface area contributed by atoms with E-state index in [0.717, 1.165) is 12.8 Å². The second-order valence-electron chi connectivity index (χ2n) is 4.05. The van der Waals surface area contributed by atoms with Crippen LogP contribution in [0.1, 0.15) is 51.9 Å². The van der Waals surface area contributed by atoms with Crippen LogP contribution >= 0.6 is 12.6 Å². The first-order valence-electron chi connectivity index (χ1n) is 6.25. The topological polar surface area (TPSA) is 52.3 Å². The minimum absolute atomic E-state index is 0.289. The molecular weight excluding hydrogens is 222 g/mol. The smallest absolute Gasteiger partial charge is 0.322 e. The Morgan fingerprint density at radius 2 is 1.88 bits per heavy atom. The molecule has 16 heavy (non-hydrogen) atoms. The van der Waals surface area contributed by atoms with Crippen molar-refractivity contribution in [2.45, 2.75) is 57.9 Å². The lowest BCUT2D eigenvalue weighted by molar-refractivity contribution is -0.145. The first-order valence-corrected chi connectivity index (χ1v) is 6.88. The predicted octanol–water partition coefficient (Wildman–Crippen LogP) is 2.54. The van der Waals surface area contributed by atoms with Crippen molar-refractivity contribution in [3.05, 3.63) is 0 Å². The number of thiol groups is 1. The number of hydrogen-bond acceptors (Lipinski definition) is 4. The lowest BCUT2D eigenvalue weighted by Crippen LogP contribution is -2.32. The second-order valence-corrected chi connectivity index (χ2v) is 4.50. The van der Waals surface area contributed by atoms with Gasteiger partial charge in [-0.25, -0.2) is 0 Å². The van der Waals surface area contributed by atoms with Crippen LogP contribution in [0, 0.1) is 0 Å². The zero-order valence-electron chi connectivity index (χ0n) is 10.3. The average Bonchev–Trinajstić information content (AvgIpc) is 2.28. The molecule has 0 radical (unpaired) electrons. The Kier molecular flexibility index (Phi) is 11.1. The van der Waals surface area contributed by atoms with Crippen molar-refractivity contribution in [2.75, 3.05) is 12.4 Å². The van der Waals surface area contributed by atoms with Crippen molar-refractivity contribution in [1.82, 2.24) is 0 Å². The van der Waals surface area contributed by atoms with Gasteiger partial charge < -0.3 is 10.5 Å². The van der Waals surface area contributed by atoms with E-state index >= 15 is 0 Å². The zero-order valence-corrected chi connectivity index (χ0v) is 11.2. The van der Waals surface area contributed by atoms with Crippen molar-refractivity contribution < 1.29 is 9.53 Å². The monoisotopic (exact) mass is 247 g/mol. The standard InChI is InChI=1S/C12H25NO2S/c1-2-3-4-5-6-7-9-15-12(14)11(13)8-10-16/h11,16H,2-10,13H2,1H3/t11-/m1/s1. The van der Waals surface area contributed by atoms with Crippen molar-refractivity contribution in [2.24, 2.45) is 5.73 Å². The molecule has 3 nitrogen and oxygen atoms in total. The highest BCUT2D eigenvalue weighted by molar-refractivity contribution is 7.80. The van der Waals surface area contributed by atoms with Gasteiger partial charge in [0.15, 0.2) is 0 Å². The molecule has 0 aliphatic heterocycles. The van der Waals surface area contributed by atoms with Gasteiger partial charge in [0.05, 0.1) is 6.61 Å². The fourth-order valence-corrected chi connectivity index (χ4v) is 1.70. The molecule has 0 aliphatic carbocycles. The van der Waals surface area contributed by atoms with Crippen LogP contribution in [0.25, 0.3) is 0 Å². The van der Waals surface area contributed by atoms with Crippen molar-refractivity contribution in [1.29, 1.82) is 0 Å². The normalized spacial score (nSPS) is 12.4. The molecule has 0 bridgehead atoms. The summed E-state index contributed by atoms with van der Waals surface area (Å²) in [5.41, 5.74) is 5.58. The molecule has 0 aliphatic rings. The number of nitrogens with two attached hydrogens (primary N) is 1. The number of unbranched alkanes of at least 4 members (excludes halogenated alkanes) is 5. The molecule has 1 atom stereocenters. The molecule has 0 fully saturated rings. The highest BCUT2D eigenvalue weighted by Gasteiger charge is 2.13. The molecule has 4 heteroatoms. The molecule has 0 spiro atoms. The fraction of sp³-hybridized carbons (Fsp3) is 0.917. The Morgan fingerprint density at radius 1 is 1.25 bits per heavy atom. The first kappa shape index (κ1) is 15.8. The summed E-state index contributed by atoms with van der Waals surface area (Å²) in [6.07, 6.45) is 7.73. The summed E-state index contributed by atoms with van der Waals surface area (Å²) in [6, 6.07) is -0.502. The van der Waals surface area contributed by atoms with E-state index in [1.165, 1.54) is 25.7 Å². The second kappa shape index (κ2) is 11.3. The van der Waals surface area contributed by atoms with Gasteiger partial charge in [0.1, 0.15) is 6.04 Å². The van der Waals surface area contributed by atoms with Crippen LogP contribution in [0.15, 0.2) is 0 Å². The molecule has 0 heterocycles. The van der Waals surface area contributed by atoms with Crippen LogP contribution in [-0.4, -0.2) is 24.4 Å². The maximum Gasteiger partial charge on any atom is 0.322 e. The van der Waals surface area contributed by atoms with Crippen LogP contribution < -0.4 is 5.73 Å². The largest absolute Gasteiger partial charge is 0.465 e. The fourth-order valence-electron chi connectivity index (χ4n) is 1.42. The molecule has 0 amide bonds. The van der Waals surface area contributed by atoms with E-state index in [1.807, 2.05) is 0 Å². The van der Waals surface area contributed by atoms with E-state index in [1.54, 1.807) is 0 Å². The summed E-state index contributed by atoms with van der Waals surface area (Å²) in [7, 11) is 0. The van der Waals surface area contributed by atoms with Crippen molar-refractivity contribution >= 4 is 18.6 Å². The molecule has 0 rings (SSSR count). The van der Waals surface area contributed by atoms with Gasteiger partial charge in [0.25, 0.3) is 0 Å². The number of carbonyl (C=O) groups excluding carboxylic acids is 1. The molecule has 0 unspecified atom stereocenters. The number of rotatable bonds is 10. The summed E-state index contributed by atoms with van der Waals surface area (Å²) >= 11 is 4.02. The van der Waals surface area contributed by atoms with Gasteiger partial charge in [0.2, 0.25) is 0 Å². The molecule has 2 N–H and O–H groups in total. The first-order chi connectivity index (χ1) is 7.72. The summed E-state index contributed by atoms with van der Waals surface area (Å²) < 4.78 is 5.07. The van der Waals surface area contributed by atoms with E-state index in [2.05, 4.69) is 19.6 Å². The van der Waals surface area contributed by atoms with Crippen LogP contribution in [0.3, 0.4) is 0 Å². The third-order valence-corrected chi connectivity index (χ3v) is 2.74. The van der Waals surface area contributed by atoms with E-state index in [-0.39, 0.29) is 5.97 Å². The quantitative estimate of drug-likeness (QED) is 0.354. The molecule has 0 aromatic rings. The molecule has 96 valence electrons. The maximum atomic E-state index is 11.3. The maximum absolute atomic E-state index is 11.3. The van der Waals surface area contributed by atoms with Gasteiger partial charge in [-0.2, -0.15) is 12.6 Å². The molecule has 0 saturated heterocycles. The SMILES string of the molecule is CCCCCCCCOC(=O)[C@H](N)CCS. The Labute approximate surface area is 105 Å². The Hall–Kier alpha value is -0.220. The predicted molar refractivity (Wildman–Crippen MR) is 70.8 cm³/mol. The summed E-state index contributed by atoms with van der Waals surface area (Å²) in [5.74, 6) is 0.329. The van der Waals surface area contributed by atoms with Gasteiger partial charge in [-0.3, -0.25) is 4.79 Å². The van der Waals surface area contributed by atoms with Crippen LogP contribution in [0.5, 0.6) is 0 Å². The molecule has 0 saturated carbocycles. The number of ether oxygens (including phenoxy) is 1. The number of hydrogen-bond donors (Lipinski definition) is 2.